The molecular weight excluding hydrogens is 392 g/mol. The van der Waals surface area contributed by atoms with E-state index in [9.17, 15) is 13.2 Å². The van der Waals surface area contributed by atoms with Gasteiger partial charge in [0.1, 0.15) is 0 Å². The monoisotopic (exact) mass is 424 g/mol. The quantitative estimate of drug-likeness (QED) is 0.616. The Hall–Kier alpha value is -1.80. The van der Waals surface area contributed by atoms with Crippen molar-refractivity contribution in [2.75, 3.05) is 33.1 Å². The lowest BCUT2D eigenvalue weighted by Gasteiger charge is -2.29. The largest absolute Gasteiger partial charge is 0.493 e. The van der Waals surface area contributed by atoms with E-state index in [1.54, 1.807) is 14.2 Å². The maximum atomic E-state index is 12.8. The van der Waals surface area contributed by atoms with E-state index >= 15 is 0 Å². The predicted octanol–water partition coefficient (Wildman–Crippen LogP) is 2.48. The van der Waals surface area contributed by atoms with E-state index < -0.39 is 10.0 Å². The minimum Gasteiger partial charge on any atom is -0.493 e. The van der Waals surface area contributed by atoms with Crippen LogP contribution in [0.3, 0.4) is 0 Å². The van der Waals surface area contributed by atoms with Gasteiger partial charge in [-0.2, -0.15) is 4.31 Å². The van der Waals surface area contributed by atoms with E-state index in [2.05, 4.69) is 5.32 Å². The van der Waals surface area contributed by atoms with Crippen molar-refractivity contribution in [2.45, 2.75) is 51.5 Å². The molecule has 1 aliphatic heterocycles. The Labute approximate surface area is 173 Å². The highest BCUT2D eigenvalue weighted by atomic mass is 32.2. The molecule has 0 unspecified atom stereocenters. The van der Waals surface area contributed by atoms with Gasteiger partial charge in [0.15, 0.2) is 11.5 Å². The molecule has 0 saturated heterocycles. The molecule has 162 valence electrons. The summed E-state index contributed by atoms with van der Waals surface area (Å²) in [7, 11) is -0.206. The van der Waals surface area contributed by atoms with Crippen LogP contribution in [-0.2, 0) is 27.8 Å². The highest BCUT2D eigenvalue weighted by Crippen LogP contribution is 2.34. The number of sulfonamides is 1. The second kappa shape index (κ2) is 9.80. The Morgan fingerprint density at radius 2 is 1.79 bits per heavy atom. The molecule has 1 N–H and O–H groups in total. The van der Waals surface area contributed by atoms with Crippen LogP contribution in [0.25, 0.3) is 0 Å². The number of methoxy groups -OCH3 is 2. The van der Waals surface area contributed by atoms with Crippen LogP contribution in [0.5, 0.6) is 11.5 Å². The summed E-state index contributed by atoms with van der Waals surface area (Å²) in [5, 5.41) is 2.88. The minimum absolute atomic E-state index is 0.0410. The van der Waals surface area contributed by atoms with Gasteiger partial charge in [-0.1, -0.05) is 12.8 Å². The van der Waals surface area contributed by atoms with Gasteiger partial charge >= 0.3 is 0 Å². The van der Waals surface area contributed by atoms with Crippen molar-refractivity contribution in [3.63, 3.8) is 0 Å². The zero-order valence-electron chi connectivity index (χ0n) is 17.4. The fraction of sp³-hybridized carbons (Fsp3) is 0.667. The molecule has 1 fully saturated rings. The van der Waals surface area contributed by atoms with Gasteiger partial charge in [-0.15, -0.1) is 0 Å². The Balaban J connectivity index is 1.49. The van der Waals surface area contributed by atoms with E-state index in [0.29, 0.717) is 56.3 Å². The van der Waals surface area contributed by atoms with E-state index in [1.807, 2.05) is 12.1 Å². The van der Waals surface area contributed by atoms with Crippen LogP contribution < -0.4 is 14.8 Å². The number of rotatable bonds is 9. The lowest BCUT2D eigenvalue weighted by molar-refractivity contribution is -0.121. The zero-order valence-corrected chi connectivity index (χ0v) is 18.2. The van der Waals surface area contributed by atoms with Gasteiger partial charge in [-0.25, -0.2) is 8.42 Å². The normalized spacial score (nSPS) is 17.7. The maximum Gasteiger partial charge on any atom is 0.220 e. The number of fused-ring (bicyclic) bond motifs is 1. The summed E-state index contributed by atoms with van der Waals surface area (Å²) in [5.74, 6) is 1.86. The average molecular weight is 425 g/mol. The highest BCUT2D eigenvalue weighted by Gasteiger charge is 2.27. The fourth-order valence-electron chi connectivity index (χ4n) is 4.26. The van der Waals surface area contributed by atoms with E-state index in [0.717, 1.165) is 24.0 Å². The summed E-state index contributed by atoms with van der Waals surface area (Å²) < 4.78 is 37.7. The molecule has 0 aromatic heterocycles. The molecule has 3 rings (SSSR count). The number of nitrogens with zero attached hydrogens (tertiary/aromatic N) is 1. The third-order valence-corrected chi connectivity index (χ3v) is 7.83. The van der Waals surface area contributed by atoms with Crippen LogP contribution in [0.2, 0.25) is 0 Å². The van der Waals surface area contributed by atoms with Gasteiger partial charge in [0.2, 0.25) is 15.9 Å². The Bertz CT molecular complexity index is 819. The number of ether oxygens (including phenoxy) is 2. The minimum atomic E-state index is -3.37. The molecule has 1 aliphatic carbocycles. The van der Waals surface area contributed by atoms with Gasteiger partial charge in [0, 0.05) is 26.1 Å². The highest BCUT2D eigenvalue weighted by molar-refractivity contribution is 7.89. The molecule has 7 nitrogen and oxygen atoms in total. The van der Waals surface area contributed by atoms with Gasteiger partial charge in [-0.05, 0) is 54.9 Å². The molecule has 0 atom stereocenters. The smallest absolute Gasteiger partial charge is 0.220 e. The second-order valence-electron chi connectivity index (χ2n) is 7.93. The molecule has 29 heavy (non-hydrogen) atoms. The van der Waals surface area contributed by atoms with Crippen LogP contribution in [0.1, 0.15) is 49.7 Å². The van der Waals surface area contributed by atoms with Crippen molar-refractivity contribution in [1.29, 1.82) is 0 Å². The first-order valence-electron chi connectivity index (χ1n) is 10.4. The number of amides is 1. The second-order valence-corrected chi connectivity index (χ2v) is 10.0. The third-order valence-electron chi connectivity index (χ3n) is 5.93. The molecule has 2 aliphatic rings. The number of hydrogen-bond donors (Lipinski definition) is 1. The molecule has 0 bridgehead atoms. The summed E-state index contributed by atoms with van der Waals surface area (Å²) in [4.78, 5) is 12.0. The number of benzene rings is 1. The van der Waals surface area contributed by atoms with Crippen LogP contribution >= 0.6 is 0 Å². The number of carbonyl (C=O) groups excluding carboxylic acids is 1. The average Bonchev–Trinajstić information content (AvgIpc) is 3.22. The zero-order chi connectivity index (χ0) is 20.9. The van der Waals surface area contributed by atoms with Crippen molar-refractivity contribution < 1.29 is 22.7 Å². The molecule has 8 heteroatoms. The molecule has 1 aromatic rings. The summed E-state index contributed by atoms with van der Waals surface area (Å²) in [6.07, 6.45) is 6.34. The lowest BCUT2D eigenvalue weighted by Crippen LogP contribution is -2.38. The molecule has 0 spiro atoms. The van der Waals surface area contributed by atoms with Crippen molar-refractivity contribution in [3.8, 4) is 11.5 Å². The summed E-state index contributed by atoms with van der Waals surface area (Å²) in [6, 6.07) is 3.79. The number of carbonyl (C=O) groups is 1. The van der Waals surface area contributed by atoms with Gasteiger partial charge in [-0.3, -0.25) is 4.79 Å². The first-order chi connectivity index (χ1) is 13.9. The molecule has 1 saturated carbocycles. The fourth-order valence-corrected chi connectivity index (χ4v) is 5.73. The third kappa shape index (κ3) is 5.63. The number of hydrogen-bond acceptors (Lipinski definition) is 5. The molecule has 1 heterocycles. The SMILES string of the molecule is COc1cc2c(cc1OC)CN(S(=O)(=O)CCCNC(=O)CC1CCCC1)CC2. The van der Waals surface area contributed by atoms with Crippen molar-refractivity contribution >= 4 is 15.9 Å². The first-order valence-corrected chi connectivity index (χ1v) is 12.0. The molecular formula is C21H32N2O5S. The Morgan fingerprint density at radius 1 is 1.14 bits per heavy atom. The van der Waals surface area contributed by atoms with Crippen molar-refractivity contribution in [1.82, 2.24) is 9.62 Å². The van der Waals surface area contributed by atoms with E-state index in [-0.39, 0.29) is 11.7 Å². The van der Waals surface area contributed by atoms with Crippen LogP contribution in [0.15, 0.2) is 12.1 Å². The van der Waals surface area contributed by atoms with Gasteiger partial charge < -0.3 is 14.8 Å². The summed E-state index contributed by atoms with van der Waals surface area (Å²) >= 11 is 0. The van der Waals surface area contributed by atoms with Gasteiger partial charge in [0.05, 0.1) is 20.0 Å². The number of nitrogens with one attached hydrogen (secondary N) is 1. The van der Waals surface area contributed by atoms with E-state index in [1.165, 1.54) is 17.1 Å². The first kappa shape index (κ1) is 21.9. The van der Waals surface area contributed by atoms with Crippen LogP contribution in [0.4, 0.5) is 0 Å². The lowest BCUT2D eigenvalue weighted by atomic mass is 10.0. The Morgan fingerprint density at radius 3 is 2.45 bits per heavy atom. The van der Waals surface area contributed by atoms with E-state index in [4.69, 9.17) is 9.47 Å². The molecule has 1 aromatic carbocycles. The van der Waals surface area contributed by atoms with Crippen LogP contribution in [-0.4, -0.2) is 51.7 Å². The standard InChI is InChI=1S/C21H32N2O5S/c1-27-19-13-17-8-10-23(15-18(17)14-20(19)28-2)29(25,26)11-5-9-22-21(24)12-16-6-3-4-7-16/h13-14,16H,3-12,15H2,1-2H3,(H,22,24). The maximum absolute atomic E-state index is 12.8. The van der Waals surface area contributed by atoms with Crippen molar-refractivity contribution in [3.05, 3.63) is 23.3 Å². The summed E-state index contributed by atoms with van der Waals surface area (Å²) in [5.41, 5.74) is 2.04. The van der Waals surface area contributed by atoms with Gasteiger partial charge in [0.25, 0.3) is 0 Å². The Kier molecular flexibility index (Phi) is 7.40. The summed E-state index contributed by atoms with van der Waals surface area (Å²) in [6.45, 7) is 1.20. The molecule has 1 amide bonds. The topological polar surface area (TPSA) is 84.9 Å². The predicted molar refractivity (Wildman–Crippen MR) is 112 cm³/mol. The van der Waals surface area contributed by atoms with Crippen LogP contribution in [0, 0.1) is 5.92 Å². The van der Waals surface area contributed by atoms with Crippen molar-refractivity contribution in [2.24, 2.45) is 5.92 Å². The molecule has 0 radical (unpaired) electrons.